The van der Waals surface area contributed by atoms with Gasteiger partial charge in [0.05, 0.1) is 30.9 Å². The van der Waals surface area contributed by atoms with Crippen molar-refractivity contribution in [1.29, 1.82) is 0 Å². The molecule has 5 rings (SSSR count). The van der Waals surface area contributed by atoms with Crippen molar-refractivity contribution in [2.75, 3.05) is 44.9 Å². The quantitative estimate of drug-likeness (QED) is 0.136. The van der Waals surface area contributed by atoms with E-state index in [9.17, 15) is 27.9 Å². The summed E-state index contributed by atoms with van der Waals surface area (Å²) in [5, 5.41) is 13.9. The maximum atomic E-state index is 13.7. The van der Waals surface area contributed by atoms with Crippen LogP contribution in [0.2, 0.25) is 5.02 Å². The molecule has 11 nitrogen and oxygen atoms in total. The third-order valence-electron chi connectivity index (χ3n) is 9.13. The van der Waals surface area contributed by atoms with Gasteiger partial charge in [0.1, 0.15) is 17.3 Å². The largest absolute Gasteiger partial charge is 0.497 e. The van der Waals surface area contributed by atoms with E-state index in [0.29, 0.717) is 51.5 Å². The maximum absolute atomic E-state index is 13.7. The van der Waals surface area contributed by atoms with Crippen molar-refractivity contribution < 1.29 is 37.4 Å². The highest BCUT2D eigenvalue weighted by Crippen LogP contribution is 2.37. The Bertz CT molecular complexity index is 1970. The first-order valence-electron chi connectivity index (χ1n) is 17.1. The predicted molar refractivity (Wildman–Crippen MR) is 197 cm³/mol. The van der Waals surface area contributed by atoms with Crippen molar-refractivity contribution in [2.45, 2.75) is 51.5 Å². The summed E-state index contributed by atoms with van der Waals surface area (Å²) in [6, 6.07) is 19.3. The average Bonchev–Trinajstić information content (AvgIpc) is 3.38. The fourth-order valence-corrected chi connectivity index (χ4v) is 7.95. The number of carboxylic acids is 1. The molecule has 0 bridgehead atoms. The highest BCUT2D eigenvalue weighted by Gasteiger charge is 2.31. The number of ether oxygens (including phenoxy) is 2. The van der Waals surface area contributed by atoms with E-state index in [1.807, 2.05) is 18.2 Å². The summed E-state index contributed by atoms with van der Waals surface area (Å²) in [6.07, 6.45) is 3.91. The number of amides is 1. The highest BCUT2D eigenvalue weighted by molar-refractivity contribution is 7.92. The number of sulfone groups is 1. The van der Waals surface area contributed by atoms with Crippen molar-refractivity contribution in [2.24, 2.45) is 0 Å². The minimum atomic E-state index is -3.98. The second kappa shape index (κ2) is 17.2. The van der Waals surface area contributed by atoms with E-state index in [4.69, 9.17) is 21.1 Å². The first kappa shape index (κ1) is 37.9. The third kappa shape index (κ3) is 9.90. The van der Waals surface area contributed by atoms with E-state index in [1.54, 1.807) is 49.4 Å². The number of carbonyl (C=O) groups excluding carboxylic acids is 2. The topological polar surface area (TPSA) is 144 Å². The van der Waals surface area contributed by atoms with Crippen molar-refractivity contribution in [3.63, 3.8) is 0 Å². The zero-order valence-corrected chi connectivity index (χ0v) is 30.5. The first-order chi connectivity index (χ1) is 24.5. The molecule has 0 radical (unpaired) electrons. The Labute approximate surface area is 303 Å². The number of nitrogens with zero attached hydrogens (tertiary/aromatic N) is 2. The second-order valence-corrected chi connectivity index (χ2v) is 15.5. The first-order valence-corrected chi connectivity index (χ1v) is 19.3. The van der Waals surface area contributed by atoms with Crippen LogP contribution in [0.15, 0.2) is 66.7 Å². The van der Waals surface area contributed by atoms with Crippen LogP contribution in [0.1, 0.15) is 65.2 Å². The zero-order valence-electron chi connectivity index (χ0n) is 28.9. The van der Waals surface area contributed by atoms with E-state index >= 15 is 0 Å². The van der Waals surface area contributed by atoms with E-state index in [0.717, 1.165) is 25.4 Å². The fraction of sp³-hybridized carbons (Fsp3) is 0.395. The molecule has 4 aromatic rings. The lowest BCUT2D eigenvalue weighted by atomic mass is 9.93. The molecule has 0 spiro atoms. The Morgan fingerprint density at radius 1 is 0.980 bits per heavy atom. The maximum Gasteiger partial charge on any atom is 0.311 e. The van der Waals surface area contributed by atoms with Crippen molar-refractivity contribution in [3.05, 3.63) is 94.1 Å². The number of hydrogen-bond donors (Lipinski definition) is 2. The van der Waals surface area contributed by atoms with Gasteiger partial charge in [-0.05, 0) is 111 Å². The molecule has 0 aliphatic carbocycles. The van der Waals surface area contributed by atoms with E-state index in [1.165, 1.54) is 36.5 Å². The van der Waals surface area contributed by atoms with Crippen molar-refractivity contribution in [1.82, 2.24) is 14.8 Å². The van der Waals surface area contributed by atoms with Gasteiger partial charge in [0.15, 0.2) is 9.84 Å². The number of carbonyl (C=O) groups is 3. The van der Waals surface area contributed by atoms with Gasteiger partial charge in [-0.25, -0.2) is 8.42 Å². The van der Waals surface area contributed by atoms with E-state index in [-0.39, 0.29) is 13.0 Å². The number of nitrogens with one attached hydrogen (secondary N) is 1. The molecule has 0 saturated carbocycles. The van der Waals surface area contributed by atoms with E-state index in [2.05, 4.69) is 16.3 Å². The molecule has 1 fully saturated rings. The highest BCUT2D eigenvalue weighted by atomic mass is 35.5. The normalized spacial score (nSPS) is 14.3. The lowest BCUT2D eigenvalue weighted by Crippen LogP contribution is -2.33. The number of methoxy groups -OCH3 is 1. The Hall–Kier alpha value is -4.39. The monoisotopic (exact) mass is 737 g/mol. The Balaban J connectivity index is 1.18. The Kier molecular flexibility index (Phi) is 12.8. The van der Waals surface area contributed by atoms with Crippen LogP contribution in [-0.4, -0.2) is 85.6 Å². The van der Waals surface area contributed by atoms with Crippen LogP contribution < -0.4 is 14.8 Å². The number of aliphatic carboxylic acids is 1. The number of hydrogen-bond acceptors (Lipinski definition) is 8. The van der Waals surface area contributed by atoms with Crippen LogP contribution >= 0.6 is 11.6 Å². The third-order valence-corrected chi connectivity index (χ3v) is 10.9. The summed E-state index contributed by atoms with van der Waals surface area (Å²) in [4.78, 5) is 41.4. The summed E-state index contributed by atoms with van der Waals surface area (Å²) < 4.78 is 38.8. The SMILES string of the molecule is COc1ccc2c(c1)c(C(CCS(=O)(=O)CC(=O)NCCCOc1cccc(CN3CCCCC3)c1)C(=O)O)c(C)n2C(=O)c1ccc(Cl)cc1. The molecule has 272 valence electrons. The summed E-state index contributed by atoms with van der Waals surface area (Å²) in [6.45, 7) is 5.30. The predicted octanol–water partition coefficient (Wildman–Crippen LogP) is 5.84. The molecule has 1 amide bonds. The second-order valence-electron chi connectivity index (χ2n) is 12.8. The molecular weight excluding hydrogens is 694 g/mol. The Morgan fingerprint density at radius 3 is 2.43 bits per heavy atom. The van der Waals surface area contributed by atoms with E-state index < -0.39 is 45.0 Å². The molecule has 13 heteroatoms. The van der Waals surface area contributed by atoms with Crippen LogP contribution in [0.3, 0.4) is 0 Å². The fourth-order valence-electron chi connectivity index (χ4n) is 6.58. The molecule has 1 aromatic heterocycles. The number of rotatable bonds is 16. The van der Waals surface area contributed by atoms with Gasteiger partial charge >= 0.3 is 5.97 Å². The van der Waals surface area contributed by atoms with Gasteiger partial charge in [-0.15, -0.1) is 0 Å². The van der Waals surface area contributed by atoms with Gasteiger partial charge in [0.2, 0.25) is 5.91 Å². The molecule has 2 N–H and O–H groups in total. The summed E-state index contributed by atoms with van der Waals surface area (Å²) in [7, 11) is -2.51. The molecule has 3 aromatic carbocycles. The van der Waals surface area contributed by atoms with Crippen LogP contribution in [-0.2, 0) is 26.0 Å². The molecule has 1 unspecified atom stereocenters. The van der Waals surface area contributed by atoms with Gasteiger partial charge < -0.3 is 19.9 Å². The molecule has 2 heterocycles. The van der Waals surface area contributed by atoms with Gasteiger partial charge in [-0.2, -0.15) is 0 Å². The smallest absolute Gasteiger partial charge is 0.311 e. The van der Waals surface area contributed by atoms with Crippen molar-refractivity contribution in [3.8, 4) is 11.5 Å². The van der Waals surface area contributed by atoms with Crippen LogP contribution in [0.4, 0.5) is 0 Å². The number of aromatic nitrogens is 1. The van der Waals surface area contributed by atoms with Gasteiger partial charge in [0, 0.05) is 34.8 Å². The molecule has 1 aliphatic heterocycles. The number of piperidine rings is 1. The van der Waals surface area contributed by atoms with Gasteiger partial charge in [-0.1, -0.05) is 30.2 Å². The summed E-state index contributed by atoms with van der Waals surface area (Å²) in [5.41, 5.74) is 2.63. The van der Waals surface area contributed by atoms with Gasteiger partial charge in [-0.3, -0.25) is 23.9 Å². The summed E-state index contributed by atoms with van der Waals surface area (Å²) >= 11 is 6.01. The number of fused-ring (bicyclic) bond motifs is 1. The van der Waals surface area contributed by atoms with Crippen LogP contribution in [0.25, 0.3) is 10.9 Å². The number of likely N-dealkylation sites (tertiary alicyclic amines) is 1. The van der Waals surface area contributed by atoms with Crippen LogP contribution in [0, 0.1) is 6.92 Å². The number of benzene rings is 3. The average molecular weight is 738 g/mol. The molecule has 1 aliphatic rings. The number of halogens is 1. The summed E-state index contributed by atoms with van der Waals surface area (Å²) in [5.74, 6) is -3.74. The molecule has 51 heavy (non-hydrogen) atoms. The molecule has 1 atom stereocenters. The molecular formula is C38H44ClN3O8S. The lowest BCUT2D eigenvalue weighted by molar-refractivity contribution is -0.138. The standard InChI is InChI=1S/C38H44ClN3O8S/c1-26-36(33-23-30(49-2)14-15-34(33)42(26)37(44)28-10-12-29(39)13-11-28)32(38(45)46)16-21-51(47,48)25-35(43)40-17-7-20-50-31-9-6-8-27(22-31)24-41-18-4-3-5-19-41/h6,8-15,22-23,32H,3-5,7,16-21,24-25H2,1-2H3,(H,40,43)(H,45,46). The Morgan fingerprint density at radius 2 is 1.73 bits per heavy atom. The minimum absolute atomic E-state index is 0.224. The minimum Gasteiger partial charge on any atom is -0.497 e. The zero-order chi connectivity index (χ0) is 36.5. The lowest BCUT2D eigenvalue weighted by Gasteiger charge is -2.26. The van der Waals surface area contributed by atoms with Gasteiger partial charge in [0.25, 0.3) is 5.91 Å². The number of carboxylic acid groups (broad SMARTS) is 1. The molecule has 1 saturated heterocycles. The van der Waals surface area contributed by atoms with Crippen LogP contribution in [0.5, 0.6) is 11.5 Å². The van der Waals surface area contributed by atoms with Crippen molar-refractivity contribution >= 4 is 50.1 Å².